The Morgan fingerprint density at radius 3 is 2.52 bits per heavy atom. The molecule has 0 spiro atoms. The molecule has 1 atom stereocenters. The van der Waals surface area contributed by atoms with Crippen LogP contribution in [0.3, 0.4) is 0 Å². The van der Waals surface area contributed by atoms with Crippen molar-refractivity contribution < 1.29 is 14.7 Å². The average Bonchev–Trinajstić information content (AvgIpc) is 2.97. The van der Waals surface area contributed by atoms with Gasteiger partial charge in [-0.2, -0.15) is 0 Å². The Balaban J connectivity index is 1.85. The fraction of sp³-hybridized carbons (Fsp3) is 0.250. The fourth-order valence-corrected chi connectivity index (χ4v) is 2.72. The second kappa shape index (κ2) is 7.59. The van der Waals surface area contributed by atoms with Crippen LogP contribution in [-0.4, -0.2) is 23.5 Å². The summed E-state index contributed by atoms with van der Waals surface area (Å²) in [7, 11) is 0. The van der Waals surface area contributed by atoms with E-state index in [-0.39, 0.29) is 12.5 Å². The smallest absolute Gasteiger partial charge is 0.308 e. The number of benzene rings is 1. The summed E-state index contributed by atoms with van der Waals surface area (Å²) >= 11 is 1.52. The number of thiophene rings is 1. The number of hydrogen-bond acceptors (Lipinski definition) is 3. The lowest BCUT2D eigenvalue weighted by atomic mass is 9.99. The fourth-order valence-electron chi connectivity index (χ4n) is 2.02. The van der Waals surface area contributed by atoms with Gasteiger partial charge in [0.25, 0.3) is 0 Å². The molecule has 1 unspecified atom stereocenters. The summed E-state index contributed by atoms with van der Waals surface area (Å²) in [6.45, 7) is 0.147. The summed E-state index contributed by atoms with van der Waals surface area (Å²) in [6, 6.07) is 13.2. The second-order valence-corrected chi connectivity index (χ2v) is 5.82. The molecule has 0 saturated heterocycles. The number of nitrogens with one attached hydrogen (secondary N) is 1. The first-order chi connectivity index (χ1) is 10.1. The summed E-state index contributed by atoms with van der Waals surface area (Å²) in [5.74, 6) is -1.65. The monoisotopic (exact) mass is 303 g/mol. The van der Waals surface area contributed by atoms with Crippen LogP contribution in [0.1, 0.15) is 10.4 Å². The van der Waals surface area contributed by atoms with Crippen molar-refractivity contribution in [1.82, 2.24) is 5.32 Å². The molecule has 0 aliphatic heterocycles. The zero-order chi connectivity index (χ0) is 15.1. The number of carboxylic acids is 1. The Hall–Kier alpha value is -2.14. The normalized spacial score (nSPS) is 11.8. The van der Waals surface area contributed by atoms with Gasteiger partial charge in [-0.05, 0) is 23.4 Å². The molecular weight excluding hydrogens is 286 g/mol. The number of amides is 1. The Morgan fingerprint density at radius 2 is 1.90 bits per heavy atom. The van der Waals surface area contributed by atoms with Crippen molar-refractivity contribution in [2.75, 3.05) is 6.54 Å². The van der Waals surface area contributed by atoms with Crippen LogP contribution in [0.15, 0.2) is 47.8 Å². The molecule has 1 aromatic carbocycles. The topological polar surface area (TPSA) is 66.4 Å². The molecule has 0 aliphatic rings. The van der Waals surface area contributed by atoms with Gasteiger partial charge >= 0.3 is 5.97 Å². The molecule has 2 rings (SSSR count). The van der Waals surface area contributed by atoms with Crippen molar-refractivity contribution in [1.29, 1.82) is 0 Å². The van der Waals surface area contributed by atoms with Crippen LogP contribution in [0.25, 0.3) is 0 Å². The van der Waals surface area contributed by atoms with Gasteiger partial charge in [-0.25, -0.2) is 0 Å². The molecule has 0 fully saturated rings. The van der Waals surface area contributed by atoms with Gasteiger partial charge in [0, 0.05) is 11.4 Å². The summed E-state index contributed by atoms with van der Waals surface area (Å²) in [5.41, 5.74) is 0.956. The molecule has 0 radical (unpaired) electrons. The van der Waals surface area contributed by atoms with Crippen LogP contribution in [0.2, 0.25) is 0 Å². The van der Waals surface area contributed by atoms with Crippen LogP contribution >= 0.6 is 11.3 Å². The first-order valence-corrected chi connectivity index (χ1v) is 7.59. The molecule has 0 saturated carbocycles. The molecule has 4 nitrogen and oxygen atoms in total. The van der Waals surface area contributed by atoms with Crippen molar-refractivity contribution >= 4 is 23.2 Å². The summed E-state index contributed by atoms with van der Waals surface area (Å²) in [6.07, 6.45) is 0.713. The van der Waals surface area contributed by atoms with Gasteiger partial charge in [0.1, 0.15) is 0 Å². The Kier molecular flexibility index (Phi) is 5.51. The summed E-state index contributed by atoms with van der Waals surface area (Å²) in [4.78, 5) is 24.1. The van der Waals surface area contributed by atoms with Gasteiger partial charge < -0.3 is 10.4 Å². The largest absolute Gasteiger partial charge is 0.481 e. The lowest BCUT2D eigenvalue weighted by Crippen LogP contribution is -2.34. The third-order valence-corrected chi connectivity index (χ3v) is 4.01. The van der Waals surface area contributed by atoms with Gasteiger partial charge in [-0.15, -0.1) is 11.3 Å². The Labute approximate surface area is 127 Å². The zero-order valence-corrected chi connectivity index (χ0v) is 12.3. The van der Waals surface area contributed by atoms with Crippen molar-refractivity contribution in [3.63, 3.8) is 0 Å². The molecule has 2 N–H and O–H groups in total. The van der Waals surface area contributed by atoms with Gasteiger partial charge in [0.05, 0.1) is 12.3 Å². The van der Waals surface area contributed by atoms with E-state index in [1.807, 2.05) is 47.8 Å². The zero-order valence-electron chi connectivity index (χ0n) is 11.5. The van der Waals surface area contributed by atoms with Crippen LogP contribution in [0.4, 0.5) is 0 Å². The molecule has 2 aromatic rings. The number of hydrogen-bond donors (Lipinski definition) is 2. The molecule has 0 aliphatic carbocycles. The van der Waals surface area contributed by atoms with Crippen molar-refractivity contribution in [3.8, 4) is 0 Å². The SMILES string of the molecule is O=C(Cc1cccs1)NCC(Cc1ccccc1)C(=O)O. The van der Waals surface area contributed by atoms with E-state index in [1.54, 1.807) is 0 Å². The van der Waals surface area contributed by atoms with Crippen LogP contribution in [0, 0.1) is 5.92 Å². The number of aliphatic carboxylic acids is 1. The predicted octanol–water partition coefficient (Wildman–Crippen LogP) is 2.35. The van der Waals surface area contributed by atoms with E-state index in [4.69, 9.17) is 0 Å². The van der Waals surface area contributed by atoms with Gasteiger partial charge in [0.15, 0.2) is 0 Å². The molecule has 1 heterocycles. The number of carboxylic acid groups (broad SMARTS) is 1. The van der Waals surface area contributed by atoms with E-state index in [0.717, 1.165) is 10.4 Å². The first-order valence-electron chi connectivity index (χ1n) is 6.71. The molecule has 110 valence electrons. The van der Waals surface area contributed by atoms with E-state index in [9.17, 15) is 14.7 Å². The number of rotatable bonds is 7. The highest BCUT2D eigenvalue weighted by molar-refractivity contribution is 7.10. The highest BCUT2D eigenvalue weighted by Gasteiger charge is 2.19. The number of carbonyl (C=O) groups excluding carboxylic acids is 1. The lowest BCUT2D eigenvalue weighted by Gasteiger charge is -2.13. The number of carbonyl (C=O) groups is 2. The minimum atomic E-state index is -0.893. The van der Waals surface area contributed by atoms with E-state index < -0.39 is 11.9 Å². The van der Waals surface area contributed by atoms with E-state index in [1.165, 1.54) is 11.3 Å². The Morgan fingerprint density at radius 1 is 1.14 bits per heavy atom. The van der Waals surface area contributed by atoms with Gasteiger partial charge in [0.2, 0.25) is 5.91 Å². The average molecular weight is 303 g/mol. The van der Waals surface area contributed by atoms with Gasteiger partial charge in [-0.1, -0.05) is 36.4 Å². The summed E-state index contributed by atoms with van der Waals surface area (Å²) in [5, 5.41) is 13.9. The van der Waals surface area contributed by atoms with E-state index in [2.05, 4.69) is 5.32 Å². The minimum Gasteiger partial charge on any atom is -0.481 e. The maximum Gasteiger partial charge on any atom is 0.308 e. The first kappa shape index (κ1) is 15.3. The molecule has 1 amide bonds. The third-order valence-electron chi connectivity index (χ3n) is 3.13. The highest BCUT2D eigenvalue weighted by atomic mass is 32.1. The van der Waals surface area contributed by atoms with E-state index in [0.29, 0.717) is 12.8 Å². The second-order valence-electron chi connectivity index (χ2n) is 4.79. The van der Waals surface area contributed by atoms with Crippen molar-refractivity contribution in [2.24, 2.45) is 5.92 Å². The minimum absolute atomic E-state index is 0.142. The van der Waals surface area contributed by atoms with Crippen molar-refractivity contribution in [2.45, 2.75) is 12.8 Å². The molecular formula is C16H17NO3S. The Bertz CT molecular complexity index is 581. The van der Waals surface area contributed by atoms with Crippen molar-refractivity contribution in [3.05, 3.63) is 58.3 Å². The third kappa shape index (κ3) is 5.04. The van der Waals surface area contributed by atoms with Gasteiger partial charge in [-0.3, -0.25) is 9.59 Å². The standard InChI is InChI=1S/C16H17NO3S/c18-15(10-14-7-4-8-21-14)17-11-13(16(19)20)9-12-5-2-1-3-6-12/h1-8,13H,9-11H2,(H,17,18)(H,19,20). The summed E-state index contributed by atoms with van der Waals surface area (Å²) < 4.78 is 0. The van der Waals surface area contributed by atoms with E-state index >= 15 is 0 Å². The van der Waals surface area contributed by atoms with Crippen LogP contribution in [-0.2, 0) is 22.4 Å². The highest BCUT2D eigenvalue weighted by Crippen LogP contribution is 2.10. The molecule has 1 aromatic heterocycles. The predicted molar refractivity (Wildman–Crippen MR) is 82.3 cm³/mol. The molecule has 5 heteroatoms. The lowest BCUT2D eigenvalue weighted by molar-refractivity contribution is -0.141. The maximum absolute atomic E-state index is 11.8. The van der Waals surface area contributed by atoms with Crippen LogP contribution < -0.4 is 5.32 Å². The molecule has 0 bridgehead atoms. The quantitative estimate of drug-likeness (QED) is 0.825. The maximum atomic E-state index is 11.8. The van der Waals surface area contributed by atoms with Crippen LogP contribution in [0.5, 0.6) is 0 Å². The molecule has 21 heavy (non-hydrogen) atoms.